The van der Waals surface area contributed by atoms with E-state index in [1.165, 1.54) is 6.07 Å². The highest BCUT2D eigenvalue weighted by molar-refractivity contribution is 5.20. The van der Waals surface area contributed by atoms with Crippen LogP contribution in [0.25, 0.3) is 0 Å². The van der Waals surface area contributed by atoms with Crippen molar-refractivity contribution in [3.8, 4) is 0 Å². The largest absolute Gasteiger partial charge is 0.389 e. The van der Waals surface area contributed by atoms with E-state index in [0.29, 0.717) is 12.1 Å². The van der Waals surface area contributed by atoms with E-state index in [2.05, 4.69) is 5.32 Å². The molecule has 0 aromatic heterocycles. The van der Waals surface area contributed by atoms with Gasteiger partial charge in [-0.3, -0.25) is 0 Å². The maximum atomic E-state index is 13.1. The Morgan fingerprint density at radius 2 is 1.90 bits per heavy atom. The minimum atomic E-state index is -0.868. The molecule has 0 bridgehead atoms. The summed E-state index contributed by atoms with van der Waals surface area (Å²) < 4.78 is 31.4. The van der Waals surface area contributed by atoms with Gasteiger partial charge in [-0.05, 0) is 45.4 Å². The van der Waals surface area contributed by atoms with Gasteiger partial charge in [0.1, 0.15) is 0 Å². The Bertz CT molecular complexity index is 432. The first kappa shape index (κ1) is 17.0. The molecule has 0 amide bonds. The van der Waals surface area contributed by atoms with Crippen molar-refractivity contribution in [1.82, 2.24) is 5.32 Å². The number of aliphatic hydroxyl groups excluding tert-OH is 1. The first-order valence-corrected chi connectivity index (χ1v) is 6.69. The molecule has 0 heterocycles. The lowest BCUT2D eigenvalue weighted by Crippen LogP contribution is -2.34. The third kappa shape index (κ3) is 5.94. The van der Waals surface area contributed by atoms with E-state index in [4.69, 9.17) is 4.74 Å². The fourth-order valence-corrected chi connectivity index (χ4v) is 1.62. The number of ether oxygens (including phenoxy) is 1. The van der Waals surface area contributed by atoms with Crippen molar-refractivity contribution >= 4 is 0 Å². The first-order chi connectivity index (χ1) is 9.19. The van der Waals surface area contributed by atoms with Gasteiger partial charge in [0.05, 0.1) is 18.3 Å². The highest BCUT2D eigenvalue weighted by atomic mass is 19.2. The molecule has 0 radical (unpaired) electrons. The molecule has 0 spiro atoms. The number of nitrogens with one attached hydrogen (secondary N) is 1. The molecule has 0 aliphatic heterocycles. The molecule has 2 N–H and O–H groups in total. The zero-order chi connectivity index (χ0) is 15.3. The fraction of sp³-hybridized carbons (Fsp3) is 0.600. The maximum Gasteiger partial charge on any atom is 0.159 e. The van der Waals surface area contributed by atoms with Gasteiger partial charge in [0, 0.05) is 12.6 Å². The second-order valence-electron chi connectivity index (χ2n) is 5.88. The Labute approximate surface area is 119 Å². The molecular formula is C15H23F2NO2. The second-order valence-corrected chi connectivity index (χ2v) is 5.88. The van der Waals surface area contributed by atoms with Crippen LogP contribution in [0.3, 0.4) is 0 Å². The van der Waals surface area contributed by atoms with Crippen LogP contribution in [0, 0.1) is 11.6 Å². The maximum absolute atomic E-state index is 13.1. The lowest BCUT2D eigenvalue weighted by molar-refractivity contribution is -0.0482. The molecule has 0 saturated carbocycles. The molecular weight excluding hydrogens is 264 g/mol. The number of halogens is 2. The Morgan fingerprint density at radius 1 is 1.25 bits per heavy atom. The van der Waals surface area contributed by atoms with Crippen LogP contribution in [0.2, 0.25) is 0 Å². The molecule has 114 valence electrons. The summed E-state index contributed by atoms with van der Waals surface area (Å²) >= 11 is 0. The van der Waals surface area contributed by atoms with E-state index in [9.17, 15) is 13.9 Å². The number of hydrogen-bond donors (Lipinski definition) is 2. The number of benzene rings is 1. The molecule has 20 heavy (non-hydrogen) atoms. The van der Waals surface area contributed by atoms with Gasteiger partial charge in [0.15, 0.2) is 11.6 Å². The summed E-state index contributed by atoms with van der Waals surface area (Å²) in [5, 5.41) is 12.8. The summed E-state index contributed by atoms with van der Waals surface area (Å²) in [7, 11) is 0. The number of hydrogen-bond acceptors (Lipinski definition) is 3. The van der Waals surface area contributed by atoms with Crippen molar-refractivity contribution in [3.63, 3.8) is 0 Å². The zero-order valence-electron chi connectivity index (χ0n) is 12.4. The van der Waals surface area contributed by atoms with E-state index in [-0.39, 0.29) is 18.2 Å². The highest BCUT2D eigenvalue weighted by Crippen LogP contribution is 2.16. The summed E-state index contributed by atoms with van der Waals surface area (Å²) in [6, 6.07) is 3.59. The summed E-state index contributed by atoms with van der Waals surface area (Å²) in [6.07, 6.45) is -0.651. The van der Waals surface area contributed by atoms with Crippen LogP contribution in [0.4, 0.5) is 8.78 Å². The average Bonchev–Trinajstić information content (AvgIpc) is 2.36. The van der Waals surface area contributed by atoms with Gasteiger partial charge < -0.3 is 15.2 Å². The molecule has 0 fully saturated rings. The third-order valence-electron chi connectivity index (χ3n) is 2.81. The summed E-state index contributed by atoms with van der Waals surface area (Å²) in [5.74, 6) is -1.73. The second kappa shape index (κ2) is 7.11. The Hall–Kier alpha value is -1.04. The summed E-state index contributed by atoms with van der Waals surface area (Å²) in [5.41, 5.74) is 0.333. The van der Waals surface area contributed by atoms with Crippen molar-refractivity contribution in [2.45, 2.75) is 45.4 Å². The van der Waals surface area contributed by atoms with Crippen molar-refractivity contribution in [1.29, 1.82) is 0 Å². The zero-order valence-corrected chi connectivity index (χ0v) is 12.4. The predicted molar refractivity (Wildman–Crippen MR) is 74.5 cm³/mol. The smallest absolute Gasteiger partial charge is 0.159 e. The minimum absolute atomic E-state index is 0.186. The van der Waals surface area contributed by atoms with Gasteiger partial charge in [-0.2, -0.15) is 0 Å². The first-order valence-electron chi connectivity index (χ1n) is 6.69. The Balaban J connectivity index is 2.42. The molecule has 1 aromatic rings. The highest BCUT2D eigenvalue weighted by Gasteiger charge is 2.15. The number of aliphatic hydroxyl groups is 1. The van der Waals surface area contributed by atoms with Crippen LogP contribution in [0.1, 0.15) is 39.3 Å². The fourth-order valence-electron chi connectivity index (χ4n) is 1.62. The summed E-state index contributed by atoms with van der Waals surface area (Å²) in [4.78, 5) is 0. The minimum Gasteiger partial charge on any atom is -0.389 e. The van der Waals surface area contributed by atoms with Crippen LogP contribution in [0.15, 0.2) is 18.2 Å². The lowest BCUT2D eigenvalue weighted by atomic mass is 10.1. The van der Waals surface area contributed by atoms with E-state index in [0.717, 1.165) is 12.1 Å². The molecule has 3 nitrogen and oxygen atoms in total. The van der Waals surface area contributed by atoms with Gasteiger partial charge >= 0.3 is 0 Å². The van der Waals surface area contributed by atoms with E-state index in [1.54, 1.807) is 0 Å². The quantitative estimate of drug-likeness (QED) is 0.845. The monoisotopic (exact) mass is 287 g/mol. The average molecular weight is 287 g/mol. The van der Waals surface area contributed by atoms with Crippen LogP contribution in [-0.2, 0) is 4.74 Å². The van der Waals surface area contributed by atoms with Crippen molar-refractivity contribution in [2.24, 2.45) is 0 Å². The van der Waals surface area contributed by atoms with Crippen LogP contribution < -0.4 is 5.32 Å². The van der Waals surface area contributed by atoms with Crippen molar-refractivity contribution in [3.05, 3.63) is 35.4 Å². The van der Waals surface area contributed by atoms with Crippen LogP contribution in [-0.4, -0.2) is 30.0 Å². The van der Waals surface area contributed by atoms with E-state index < -0.39 is 17.7 Å². The van der Waals surface area contributed by atoms with Gasteiger partial charge in [0.2, 0.25) is 0 Å². The van der Waals surface area contributed by atoms with Gasteiger partial charge in [-0.1, -0.05) is 6.07 Å². The molecule has 2 unspecified atom stereocenters. The predicted octanol–water partition coefficient (Wildman–Crippen LogP) is 2.79. The van der Waals surface area contributed by atoms with Crippen molar-refractivity contribution < 1.29 is 18.6 Å². The number of rotatable bonds is 6. The Morgan fingerprint density at radius 3 is 2.45 bits per heavy atom. The lowest BCUT2D eigenvalue weighted by Gasteiger charge is -2.23. The van der Waals surface area contributed by atoms with Crippen molar-refractivity contribution in [2.75, 3.05) is 13.2 Å². The van der Waals surface area contributed by atoms with Gasteiger partial charge in [0.25, 0.3) is 0 Å². The normalized spacial score (nSPS) is 15.2. The van der Waals surface area contributed by atoms with Gasteiger partial charge in [-0.15, -0.1) is 0 Å². The van der Waals surface area contributed by atoms with Crippen LogP contribution in [0.5, 0.6) is 0 Å². The van der Waals surface area contributed by atoms with Crippen LogP contribution >= 0.6 is 0 Å². The Kier molecular flexibility index (Phi) is 6.05. The van der Waals surface area contributed by atoms with Gasteiger partial charge in [-0.25, -0.2) is 8.78 Å². The molecule has 2 atom stereocenters. The third-order valence-corrected chi connectivity index (χ3v) is 2.81. The van der Waals surface area contributed by atoms with E-state index in [1.807, 2.05) is 27.7 Å². The SMILES string of the molecule is CC(NCC(O)COC(C)(C)C)c1ccc(F)c(F)c1. The topological polar surface area (TPSA) is 41.5 Å². The molecule has 1 aromatic carbocycles. The molecule has 5 heteroatoms. The summed E-state index contributed by atoms with van der Waals surface area (Å²) in [6.45, 7) is 8.10. The molecule has 1 rings (SSSR count). The van der Waals surface area contributed by atoms with E-state index >= 15 is 0 Å². The molecule has 0 aliphatic rings. The molecule has 0 saturated heterocycles. The molecule has 0 aliphatic carbocycles. The standard InChI is InChI=1S/C15H23F2NO2/c1-10(11-5-6-13(16)14(17)7-11)18-8-12(19)9-20-15(2,3)4/h5-7,10,12,18-19H,8-9H2,1-4H3.